The van der Waals surface area contributed by atoms with Crippen molar-refractivity contribution in [3.63, 3.8) is 0 Å². The third kappa shape index (κ3) is 3.39. The molecule has 5 nitrogen and oxygen atoms in total. The lowest BCUT2D eigenvalue weighted by Gasteiger charge is -2.61. The topological polar surface area (TPSA) is 49.9 Å². The number of piperazine rings is 1. The molecule has 5 rings (SSSR count). The largest absolute Gasteiger partial charge is 0.444 e. The van der Waals surface area contributed by atoms with Crippen LogP contribution in [0.25, 0.3) is 0 Å². The van der Waals surface area contributed by atoms with Crippen LogP contribution in [-0.4, -0.2) is 64.4 Å². The molecule has 2 unspecified atom stereocenters. The Bertz CT molecular complexity index is 674. The second-order valence-corrected chi connectivity index (χ2v) is 10.9. The Labute approximate surface area is 165 Å². The average Bonchev–Trinajstić information content (AvgIpc) is 2.49. The van der Waals surface area contributed by atoms with E-state index >= 15 is 8.78 Å². The highest BCUT2D eigenvalue weighted by molar-refractivity contribution is 5.84. The highest BCUT2D eigenvalue weighted by Gasteiger charge is 2.67. The van der Waals surface area contributed by atoms with Gasteiger partial charge in [0.25, 0.3) is 0 Å². The Balaban J connectivity index is 1.47. The Morgan fingerprint density at radius 2 is 1.61 bits per heavy atom. The maximum absolute atomic E-state index is 15.2. The molecule has 5 aliphatic rings. The summed E-state index contributed by atoms with van der Waals surface area (Å²) in [5, 5.41) is 0. The number of alkyl halides is 2. The molecular formula is C21H32F2N2O3. The van der Waals surface area contributed by atoms with E-state index in [9.17, 15) is 9.59 Å². The van der Waals surface area contributed by atoms with Gasteiger partial charge in [-0.1, -0.05) is 0 Å². The van der Waals surface area contributed by atoms with Crippen LogP contribution in [0.2, 0.25) is 0 Å². The summed E-state index contributed by atoms with van der Waals surface area (Å²) in [6, 6.07) is -0.201. The minimum atomic E-state index is -1.54. The zero-order valence-electron chi connectivity index (χ0n) is 17.4. The molecule has 3 atom stereocenters. The van der Waals surface area contributed by atoms with Gasteiger partial charge in [-0.25, -0.2) is 13.6 Å². The van der Waals surface area contributed by atoms with Crippen molar-refractivity contribution in [3.8, 4) is 0 Å². The Morgan fingerprint density at radius 1 is 1.00 bits per heavy atom. The molecule has 0 aromatic heterocycles. The summed E-state index contributed by atoms with van der Waals surface area (Å²) in [5.74, 6) is -0.148. The van der Waals surface area contributed by atoms with Gasteiger partial charge >= 0.3 is 6.09 Å². The fourth-order valence-corrected chi connectivity index (χ4v) is 6.50. The van der Waals surface area contributed by atoms with Gasteiger partial charge in [0.1, 0.15) is 16.9 Å². The lowest BCUT2D eigenvalue weighted by atomic mass is 9.47. The molecule has 4 bridgehead atoms. The number of nitrogens with zero attached hydrogens (tertiary/aromatic N) is 2. The van der Waals surface area contributed by atoms with E-state index in [1.807, 2.05) is 27.7 Å². The van der Waals surface area contributed by atoms with E-state index in [4.69, 9.17) is 4.74 Å². The second kappa shape index (κ2) is 6.05. The highest BCUT2D eigenvalue weighted by Crippen LogP contribution is 2.66. The molecule has 1 aliphatic heterocycles. The zero-order chi connectivity index (χ0) is 20.5. The normalized spacial score (nSPS) is 42.6. The van der Waals surface area contributed by atoms with Crippen molar-refractivity contribution in [1.29, 1.82) is 0 Å². The predicted octanol–water partition coefficient (Wildman–Crippen LogP) is 3.85. The van der Waals surface area contributed by atoms with E-state index in [2.05, 4.69) is 0 Å². The Morgan fingerprint density at radius 3 is 2.11 bits per heavy atom. The monoisotopic (exact) mass is 398 g/mol. The van der Waals surface area contributed by atoms with E-state index in [1.165, 1.54) is 0 Å². The molecule has 4 saturated carbocycles. The van der Waals surface area contributed by atoms with Gasteiger partial charge in [0.2, 0.25) is 5.91 Å². The van der Waals surface area contributed by atoms with E-state index in [1.54, 1.807) is 9.80 Å². The number of rotatable bonds is 1. The van der Waals surface area contributed by atoms with Crippen molar-refractivity contribution < 1.29 is 23.1 Å². The summed E-state index contributed by atoms with van der Waals surface area (Å²) in [5.41, 5.74) is -4.56. The summed E-state index contributed by atoms with van der Waals surface area (Å²) < 4.78 is 35.9. The molecule has 0 N–H and O–H groups in total. The van der Waals surface area contributed by atoms with Gasteiger partial charge in [-0.05, 0) is 65.7 Å². The lowest BCUT2D eigenvalue weighted by Crippen LogP contribution is -2.66. The third-order valence-electron chi connectivity index (χ3n) is 6.93. The van der Waals surface area contributed by atoms with E-state index in [0.29, 0.717) is 38.9 Å². The van der Waals surface area contributed by atoms with Crippen LogP contribution in [0.1, 0.15) is 66.2 Å². The van der Waals surface area contributed by atoms with E-state index < -0.39 is 22.4 Å². The molecule has 0 radical (unpaired) electrons. The number of carbonyl (C=O) groups is 2. The number of halogens is 2. The van der Waals surface area contributed by atoms with Crippen molar-refractivity contribution in [2.75, 3.05) is 19.6 Å². The number of hydrogen-bond acceptors (Lipinski definition) is 3. The maximum Gasteiger partial charge on any atom is 0.410 e. The molecule has 1 saturated heterocycles. The quantitative estimate of drug-likeness (QED) is 0.674. The Kier molecular flexibility index (Phi) is 4.30. The standard InChI is InChI=1S/C21H32F2N2O3/c1-14-10-24(17(27)28-18(2,3)4)5-6-25(14)16(26)19-7-15-8-20(22,11-19)13-21(23,9-15)12-19/h14-15H,5-13H2,1-4H3/t14-,15?,19?,20?,21?/m0/s1. The smallest absolute Gasteiger partial charge is 0.410 e. The second-order valence-electron chi connectivity index (χ2n) is 10.9. The van der Waals surface area contributed by atoms with Crippen LogP contribution in [0, 0.1) is 11.3 Å². The van der Waals surface area contributed by atoms with Crippen LogP contribution in [-0.2, 0) is 9.53 Å². The predicted molar refractivity (Wildman–Crippen MR) is 100 cm³/mol. The van der Waals surface area contributed by atoms with Gasteiger partial charge in [-0.15, -0.1) is 0 Å². The van der Waals surface area contributed by atoms with Gasteiger partial charge in [0.05, 0.1) is 5.41 Å². The molecule has 158 valence electrons. The summed E-state index contributed by atoms with van der Waals surface area (Å²) in [6.07, 6.45) is 1.27. The first-order valence-corrected chi connectivity index (χ1v) is 10.5. The van der Waals surface area contributed by atoms with Gasteiger partial charge in [-0.2, -0.15) is 0 Å². The fourth-order valence-electron chi connectivity index (χ4n) is 6.50. The summed E-state index contributed by atoms with van der Waals surface area (Å²) in [6.45, 7) is 8.49. The third-order valence-corrected chi connectivity index (χ3v) is 6.93. The Hall–Kier alpha value is -1.40. The number of amides is 2. The van der Waals surface area contributed by atoms with Gasteiger partial charge < -0.3 is 14.5 Å². The average molecular weight is 398 g/mol. The van der Waals surface area contributed by atoms with E-state index in [-0.39, 0.29) is 43.2 Å². The summed E-state index contributed by atoms with van der Waals surface area (Å²) >= 11 is 0. The molecule has 0 aromatic carbocycles. The molecule has 2 amide bonds. The molecule has 0 spiro atoms. The fraction of sp³-hybridized carbons (Fsp3) is 0.905. The highest BCUT2D eigenvalue weighted by atomic mass is 19.2. The summed E-state index contributed by atoms with van der Waals surface area (Å²) in [7, 11) is 0. The van der Waals surface area contributed by atoms with Crippen LogP contribution < -0.4 is 0 Å². The minimum absolute atomic E-state index is 0.0337. The first-order chi connectivity index (χ1) is 12.8. The van der Waals surface area contributed by atoms with Crippen molar-refractivity contribution in [3.05, 3.63) is 0 Å². The molecule has 5 fully saturated rings. The number of ether oxygens (including phenoxy) is 1. The molecule has 1 heterocycles. The van der Waals surface area contributed by atoms with Crippen molar-refractivity contribution in [2.45, 2.75) is 89.2 Å². The zero-order valence-corrected chi connectivity index (χ0v) is 17.4. The van der Waals surface area contributed by atoms with Crippen LogP contribution in [0.15, 0.2) is 0 Å². The van der Waals surface area contributed by atoms with Crippen LogP contribution in [0.5, 0.6) is 0 Å². The van der Waals surface area contributed by atoms with Crippen molar-refractivity contribution >= 4 is 12.0 Å². The first kappa shape index (κ1) is 19.9. The maximum atomic E-state index is 15.2. The van der Waals surface area contributed by atoms with Crippen LogP contribution in [0.4, 0.5) is 13.6 Å². The summed E-state index contributed by atoms with van der Waals surface area (Å²) in [4.78, 5) is 29.2. The van der Waals surface area contributed by atoms with Crippen molar-refractivity contribution in [2.24, 2.45) is 11.3 Å². The van der Waals surface area contributed by atoms with Crippen LogP contribution in [0.3, 0.4) is 0 Å². The number of hydrogen-bond donors (Lipinski definition) is 0. The molecule has 0 aromatic rings. The van der Waals surface area contributed by atoms with E-state index in [0.717, 1.165) is 0 Å². The molecule has 7 heteroatoms. The molecule has 28 heavy (non-hydrogen) atoms. The lowest BCUT2D eigenvalue weighted by molar-refractivity contribution is -0.195. The molecular weight excluding hydrogens is 366 g/mol. The SMILES string of the molecule is C[C@H]1CN(C(=O)OC(C)(C)C)CCN1C(=O)C12CC3CC(F)(CC(F)(C3)C1)C2. The minimum Gasteiger partial charge on any atom is -0.444 e. The van der Waals surface area contributed by atoms with Gasteiger partial charge in [-0.3, -0.25) is 4.79 Å². The van der Waals surface area contributed by atoms with Gasteiger partial charge in [0, 0.05) is 32.1 Å². The number of carbonyl (C=O) groups excluding carboxylic acids is 2. The van der Waals surface area contributed by atoms with Gasteiger partial charge in [0.15, 0.2) is 0 Å². The first-order valence-electron chi connectivity index (χ1n) is 10.5. The van der Waals surface area contributed by atoms with Crippen molar-refractivity contribution in [1.82, 2.24) is 9.80 Å². The molecule has 4 aliphatic carbocycles. The van der Waals surface area contributed by atoms with Crippen LogP contribution >= 0.6 is 0 Å².